The number of phosphoric ester groups is 3. The van der Waals surface area contributed by atoms with Crippen molar-refractivity contribution in [2.45, 2.75) is 70.0 Å². The molecule has 51 heavy (non-hydrogen) atoms. The van der Waals surface area contributed by atoms with Gasteiger partial charge in [-0.25, -0.2) is 23.7 Å². The Balaban J connectivity index is 1.55. The van der Waals surface area contributed by atoms with Gasteiger partial charge in [0.25, 0.3) is 0 Å². The number of nitrogens with one attached hydrogen (secondary N) is 2. The Bertz CT molecular complexity index is 1660. The van der Waals surface area contributed by atoms with Crippen LogP contribution >= 0.6 is 35.2 Å². The Labute approximate surface area is 296 Å². The molecule has 290 valence electrons. The van der Waals surface area contributed by atoms with Crippen molar-refractivity contribution in [3.8, 4) is 0 Å². The van der Waals surface area contributed by atoms with Crippen molar-refractivity contribution in [1.82, 2.24) is 25.2 Å². The second kappa shape index (κ2) is 17.9. The van der Waals surface area contributed by atoms with E-state index in [-0.39, 0.29) is 35.7 Å². The van der Waals surface area contributed by atoms with Gasteiger partial charge in [-0.15, -0.1) is 0 Å². The van der Waals surface area contributed by atoms with Crippen LogP contribution in [0.1, 0.15) is 40.3 Å². The van der Waals surface area contributed by atoms with E-state index in [9.17, 15) is 53.1 Å². The lowest BCUT2D eigenvalue weighted by atomic mass is 9.87. The molecule has 0 radical (unpaired) electrons. The number of rotatable bonds is 20. The monoisotopic (exact) mass is 808 g/mol. The first-order valence-corrected chi connectivity index (χ1v) is 20.7. The molecule has 2 aromatic heterocycles. The zero-order chi connectivity index (χ0) is 38.4. The fraction of sp³-hybridized carbons (Fsp3) is 0.680. The Morgan fingerprint density at radius 2 is 1.76 bits per heavy atom. The highest BCUT2D eigenvalue weighted by atomic mass is 32.2. The summed E-state index contributed by atoms with van der Waals surface area (Å²) in [6.45, 7) is 4.98. The van der Waals surface area contributed by atoms with Gasteiger partial charge in [-0.2, -0.15) is 16.1 Å². The second-order valence-corrected chi connectivity index (χ2v) is 18.1. The molecule has 22 nitrogen and oxygen atoms in total. The number of hydrogen-bond donors (Lipinski definition) is 9. The molecule has 10 N–H and O–H groups in total. The summed E-state index contributed by atoms with van der Waals surface area (Å²) < 4.78 is 62.1. The van der Waals surface area contributed by atoms with Crippen LogP contribution in [-0.4, -0.2) is 118 Å². The number of pyridine rings is 1. The lowest BCUT2D eigenvalue weighted by Gasteiger charge is -2.30. The minimum atomic E-state index is -5.53. The van der Waals surface area contributed by atoms with Crippen LogP contribution in [0.3, 0.4) is 0 Å². The number of carbonyl (C=O) groups excluding carboxylic acids is 2. The van der Waals surface area contributed by atoms with Crippen LogP contribution < -0.4 is 16.4 Å². The van der Waals surface area contributed by atoms with E-state index in [1.165, 1.54) is 30.7 Å². The maximum absolute atomic E-state index is 12.6. The number of nitrogens with zero attached hydrogens (tertiary/aromatic N) is 3. The maximum Gasteiger partial charge on any atom is 0.481 e. The molecule has 1 saturated heterocycles. The quantitative estimate of drug-likeness (QED) is 0.0635. The highest BCUT2D eigenvalue weighted by molar-refractivity contribution is 7.99. The predicted molar refractivity (Wildman–Crippen MR) is 179 cm³/mol. The summed E-state index contributed by atoms with van der Waals surface area (Å²) in [6, 6.07) is 1.45. The molecule has 3 unspecified atom stereocenters. The van der Waals surface area contributed by atoms with Gasteiger partial charge < -0.3 is 50.9 Å². The van der Waals surface area contributed by atoms with Crippen LogP contribution in [0.15, 0.2) is 18.6 Å². The molecule has 0 spiro atoms. The van der Waals surface area contributed by atoms with E-state index >= 15 is 0 Å². The number of phosphoric acid groups is 3. The number of anilines is 1. The van der Waals surface area contributed by atoms with Crippen molar-refractivity contribution in [3.63, 3.8) is 0 Å². The van der Waals surface area contributed by atoms with E-state index in [4.69, 9.17) is 19.5 Å². The van der Waals surface area contributed by atoms with Gasteiger partial charge in [-0.1, -0.05) is 27.7 Å². The SMILES string of the molecule is CC(C)SCCNC(=O)CCNC(=O)[C@H](O)C(C)(C)COP(=O)(O)OP(=O)(O)OC[C@H]1O[C@@H](n2cnc3c(N)ccnc32)[C@@H](O)C1OP(=O)(O)O. The van der Waals surface area contributed by atoms with E-state index in [0.717, 1.165) is 6.33 Å². The van der Waals surface area contributed by atoms with Crippen molar-refractivity contribution in [2.24, 2.45) is 5.41 Å². The van der Waals surface area contributed by atoms with E-state index < -0.39 is 78.6 Å². The smallest absolute Gasteiger partial charge is 0.397 e. The topological polar surface area (TPSA) is 334 Å². The zero-order valence-electron chi connectivity index (χ0n) is 27.9. The number of nitrogen functional groups attached to an aromatic ring is 1. The first-order valence-electron chi connectivity index (χ1n) is 15.2. The molecule has 0 saturated carbocycles. The second-order valence-electron chi connectivity index (χ2n) is 12.1. The van der Waals surface area contributed by atoms with Crippen LogP contribution in [0, 0.1) is 5.41 Å². The number of hydrogen-bond acceptors (Lipinski definition) is 16. The minimum absolute atomic E-state index is 0.0717. The molecule has 2 aromatic rings. The van der Waals surface area contributed by atoms with E-state index in [1.807, 2.05) is 13.8 Å². The van der Waals surface area contributed by atoms with Gasteiger partial charge in [0, 0.05) is 36.9 Å². The average Bonchev–Trinajstić information content (AvgIpc) is 3.57. The molecule has 1 aliphatic heterocycles. The number of carbonyl (C=O) groups is 2. The summed E-state index contributed by atoms with van der Waals surface area (Å²) in [4.78, 5) is 71.7. The van der Waals surface area contributed by atoms with Gasteiger partial charge in [0.15, 0.2) is 11.9 Å². The number of ether oxygens (including phenoxy) is 1. The van der Waals surface area contributed by atoms with Crippen LogP contribution in [0.25, 0.3) is 11.2 Å². The third-order valence-electron chi connectivity index (χ3n) is 7.06. The van der Waals surface area contributed by atoms with Gasteiger partial charge in [0.2, 0.25) is 11.8 Å². The number of amides is 2. The van der Waals surface area contributed by atoms with Crippen molar-refractivity contribution in [3.05, 3.63) is 18.6 Å². The van der Waals surface area contributed by atoms with Crippen LogP contribution in [0.4, 0.5) is 5.69 Å². The molecule has 7 atom stereocenters. The maximum atomic E-state index is 12.6. The van der Waals surface area contributed by atoms with Crippen molar-refractivity contribution >= 4 is 63.9 Å². The number of fused-ring (bicyclic) bond motifs is 1. The lowest BCUT2D eigenvalue weighted by molar-refractivity contribution is -0.137. The molecule has 2 amide bonds. The minimum Gasteiger partial charge on any atom is -0.397 e. The first kappa shape index (κ1) is 43.4. The molecule has 1 fully saturated rings. The summed E-state index contributed by atoms with van der Waals surface area (Å²) >= 11 is 1.67. The van der Waals surface area contributed by atoms with Crippen LogP contribution in [-0.2, 0) is 45.9 Å². The lowest BCUT2D eigenvalue weighted by Crippen LogP contribution is -2.46. The van der Waals surface area contributed by atoms with Gasteiger partial charge in [0.1, 0.15) is 29.9 Å². The number of thioether (sulfide) groups is 1. The molecule has 1 aliphatic rings. The Morgan fingerprint density at radius 1 is 1.10 bits per heavy atom. The van der Waals surface area contributed by atoms with Crippen molar-refractivity contribution in [1.29, 1.82) is 0 Å². The highest BCUT2D eigenvalue weighted by Crippen LogP contribution is 2.61. The molecular weight excluding hydrogens is 765 g/mol. The molecule has 26 heteroatoms. The number of aliphatic hydroxyl groups is 2. The molecule has 3 rings (SSSR count). The zero-order valence-corrected chi connectivity index (χ0v) is 31.4. The predicted octanol–water partition coefficient (Wildman–Crippen LogP) is 0.152. The summed E-state index contributed by atoms with van der Waals surface area (Å²) in [5.41, 5.74) is 4.82. The largest absolute Gasteiger partial charge is 0.481 e. The third kappa shape index (κ3) is 13.1. The van der Waals surface area contributed by atoms with E-state index in [1.54, 1.807) is 11.8 Å². The Hall–Kier alpha value is -2.04. The van der Waals surface area contributed by atoms with E-state index in [0.29, 0.717) is 17.5 Å². The van der Waals surface area contributed by atoms with Crippen molar-refractivity contribution in [2.75, 3.05) is 37.8 Å². The van der Waals surface area contributed by atoms with Gasteiger partial charge in [-0.3, -0.25) is 27.7 Å². The number of imidazole rings is 1. The van der Waals surface area contributed by atoms with Crippen LogP contribution in [0.5, 0.6) is 0 Å². The van der Waals surface area contributed by atoms with Gasteiger partial charge in [0.05, 0.1) is 25.2 Å². The fourth-order valence-electron chi connectivity index (χ4n) is 4.51. The molecule has 0 aromatic carbocycles. The number of nitrogens with two attached hydrogens (primary N) is 1. The number of aliphatic hydroxyl groups excluding tert-OH is 2. The van der Waals surface area contributed by atoms with E-state index in [2.05, 4.69) is 29.4 Å². The molecule has 0 bridgehead atoms. The average molecular weight is 809 g/mol. The first-order chi connectivity index (χ1) is 23.5. The van der Waals surface area contributed by atoms with Crippen LogP contribution in [0.2, 0.25) is 0 Å². The summed E-state index contributed by atoms with van der Waals surface area (Å²) in [5.74, 6) is -0.531. The molecule has 3 heterocycles. The fourth-order valence-corrected chi connectivity index (χ4v) is 8.03. The number of aromatic nitrogens is 3. The summed E-state index contributed by atoms with van der Waals surface area (Å²) in [5, 5.41) is 26.8. The standard InChI is InChI=1S/C25H43N6O16P3S/c1-14(2)51-10-9-27-17(32)6-8-29-23(35)21(34)25(3,4)12-44-50(41,42)47-49(39,40)43-11-16-20(46-48(36,37)38)19(33)24(45-16)31-13-30-18-15(26)5-7-28-22(18)31/h5,7,13-14,16,19-21,24,33-34H,6,8-12H2,1-4H3,(H2,26,28)(H,27,32)(H,29,35)(H,39,40)(H,41,42)(H2,36,37,38)/t16-,19+,20?,21+,24-/m1/s1. The molecular formula is C25H43N6O16P3S. The van der Waals surface area contributed by atoms with Crippen molar-refractivity contribution < 1.29 is 75.7 Å². The molecule has 0 aliphatic carbocycles. The highest BCUT2D eigenvalue weighted by Gasteiger charge is 2.50. The van der Waals surface area contributed by atoms with Gasteiger partial charge in [-0.05, 0) is 11.3 Å². The van der Waals surface area contributed by atoms with Gasteiger partial charge >= 0.3 is 23.5 Å². The summed E-state index contributed by atoms with van der Waals surface area (Å²) in [7, 11) is -16.3. The normalized spacial score (nSPS) is 22.8. The Kier molecular flexibility index (Phi) is 15.2. The summed E-state index contributed by atoms with van der Waals surface area (Å²) in [6.07, 6.45) is -6.32. The Morgan fingerprint density at radius 3 is 2.41 bits per heavy atom. The third-order valence-corrected chi connectivity index (χ3v) is 11.3.